The summed E-state index contributed by atoms with van der Waals surface area (Å²) in [6, 6.07) is -0.444. The molecule has 0 aromatic heterocycles. The first-order valence-electron chi connectivity index (χ1n) is 9.04. The van der Waals surface area contributed by atoms with Crippen LogP contribution in [0.4, 0.5) is 4.79 Å². The van der Waals surface area contributed by atoms with E-state index in [9.17, 15) is 14.4 Å². The number of nitrogens with one attached hydrogen (secondary N) is 2. The Hall–Kier alpha value is -1.63. The van der Waals surface area contributed by atoms with Gasteiger partial charge in [-0.3, -0.25) is 14.5 Å². The van der Waals surface area contributed by atoms with E-state index in [1.54, 1.807) is 4.90 Å². The summed E-state index contributed by atoms with van der Waals surface area (Å²) in [5, 5.41) is 5.92. The van der Waals surface area contributed by atoms with Crippen LogP contribution in [0.5, 0.6) is 0 Å². The largest absolute Gasteiger partial charge is 0.341 e. The average Bonchev–Trinajstić information content (AvgIpc) is 2.85. The summed E-state index contributed by atoms with van der Waals surface area (Å²) in [7, 11) is 1.95. The van der Waals surface area contributed by atoms with E-state index in [2.05, 4.69) is 10.6 Å². The first-order chi connectivity index (χ1) is 11.5. The number of carbonyl (C=O) groups excluding carboxylic acids is 3. The fourth-order valence-corrected chi connectivity index (χ4v) is 3.60. The number of imide groups is 1. The van der Waals surface area contributed by atoms with Gasteiger partial charge >= 0.3 is 6.03 Å². The first-order valence-corrected chi connectivity index (χ1v) is 9.04. The first kappa shape index (κ1) is 18.7. The molecule has 2 saturated heterocycles. The number of likely N-dealkylation sites (tertiary alicyclic amines) is 1. The summed E-state index contributed by atoms with van der Waals surface area (Å²) >= 11 is 0. The van der Waals surface area contributed by atoms with Gasteiger partial charge in [0, 0.05) is 13.1 Å². The lowest BCUT2D eigenvalue weighted by Crippen LogP contribution is -2.48. The Balaban J connectivity index is 1.89. The number of hydrogen-bond acceptors (Lipinski definition) is 4. The molecule has 136 valence electrons. The third-order valence-corrected chi connectivity index (χ3v) is 5.52. The van der Waals surface area contributed by atoms with Crippen LogP contribution in [0.2, 0.25) is 0 Å². The molecule has 0 radical (unpaired) electrons. The molecule has 24 heavy (non-hydrogen) atoms. The summed E-state index contributed by atoms with van der Waals surface area (Å²) in [6.07, 6.45) is 4.18. The predicted molar refractivity (Wildman–Crippen MR) is 91.4 cm³/mol. The van der Waals surface area contributed by atoms with Crippen LogP contribution in [0.15, 0.2) is 0 Å². The van der Waals surface area contributed by atoms with E-state index in [1.165, 1.54) is 0 Å². The summed E-state index contributed by atoms with van der Waals surface area (Å²) in [5.74, 6) is 0.245. The van der Waals surface area contributed by atoms with E-state index in [0.29, 0.717) is 31.8 Å². The van der Waals surface area contributed by atoms with Gasteiger partial charge in [0.1, 0.15) is 12.1 Å². The summed E-state index contributed by atoms with van der Waals surface area (Å²) < 4.78 is 0. The zero-order chi connectivity index (χ0) is 17.7. The quantitative estimate of drug-likeness (QED) is 0.677. The van der Waals surface area contributed by atoms with Crippen molar-refractivity contribution in [3.63, 3.8) is 0 Å². The highest BCUT2D eigenvalue weighted by Crippen LogP contribution is 2.25. The minimum Gasteiger partial charge on any atom is -0.341 e. The van der Waals surface area contributed by atoms with E-state index in [-0.39, 0.29) is 18.4 Å². The van der Waals surface area contributed by atoms with Crippen molar-refractivity contribution in [2.45, 2.75) is 51.5 Å². The molecule has 2 aliphatic rings. The van der Waals surface area contributed by atoms with Crippen LogP contribution in [0.1, 0.15) is 46.0 Å². The second-order valence-electron chi connectivity index (χ2n) is 6.83. The smallest absolute Gasteiger partial charge is 0.325 e. The van der Waals surface area contributed by atoms with Crippen molar-refractivity contribution >= 4 is 17.8 Å². The van der Waals surface area contributed by atoms with Crippen molar-refractivity contribution in [1.29, 1.82) is 0 Å². The molecule has 7 nitrogen and oxygen atoms in total. The molecule has 2 aliphatic heterocycles. The molecular weight excluding hydrogens is 308 g/mol. The highest BCUT2D eigenvalue weighted by Gasteiger charge is 2.49. The molecule has 0 atom stereocenters. The van der Waals surface area contributed by atoms with Crippen LogP contribution in [0, 0.1) is 5.92 Å². The second-order valence-corrected chi connectivity index (χ2v) is 6.83. The van der Waals surface area contributed by atoms with Gasteiger partial charge in [-0.05, 0) is 51.6 Å². The Morgan fingerprint density at radius 1 is 1.25 bits per heavy atom. The van der Waals surface area contributed by atoms with Crippen LogP contribution < -0.4 is 10.6 Å². The van der Waals surface area contributed by atoms with Crippen LogP contribution in [-0.4, -0.2) is 66.4 Å². The highest BCUT2D eigenvalue weighted by molar-refractivity contribution is 6.08. The van der Waals surface area contributed by atoms with Crippen molar-refractivity contribution in [1.82, 2.24) is 20.4 Å². The van der Waals surface area contributed by atoms with Crippen molar-refractivity contribution < 1.29 is 14.4 Å². The Labute approximate surface area is 144 Å². The summed E-state index contributed by atoms with van der Waals surface area (Å²) in [4.78, 5) is 40.0. The highest BCUT2D eigenvalue weighted by atomic mass is 16.2. The fraction of sp³-hybridized carbons (Fsp3) is 0.824. The third-order valence-electron chi connectivity index (χ3n) is 5.52. The van der Waals surface area contributed by atoms with Gasteiger partial charge in [0.15, 0.2) is 0 Å². The molecule has 2 rings (SSSR count). The molecule has 0 saturated carbocycles. The van der Waals surface area contributed by atoms with Crippen molar-refractivity contribution in [2.75, 3.05) is 33.2 Å². The predicted octanol–water partition coefficient (Wildman–Crippen LogP) is 0.945. The standard InChI is InChI=1S/C17H30N4O3/c1-4-17(5-2)15(23)21(16(24)19-17)12-14(22)20-10-7-13(8-11-20)6-9-18-3/h13,18H,4-12H2,1-3H3,(H,19,24). The van der Waals surface area contributed by atoms with Gasteiger partial charge in [0.25, 0.3) is 5.91 Å². The minimum atomic E-state index is -0.836. The van der Waals surface area contributed by atoms with Crippen LogP contribution in [-0.2, 0) is 9.59 Å². The maximum absolute atomic E-state index is 12.6. The lowest BCUT2D eigenvalue weighted by molar-refractivity contribution is -0.139. The molecule has 2 heterocycles. The number of carbonyl (C=O) groups is 3. The molecule has 2 N–H and O–H groups in total. The van der Waals surface area contributed by atoms with E-state index in [0.717, 1.165) is 30.7 Å². The molecule has 0 aromatic rings. The van der Waals surface area contributed by atoms with Crippen molar-refractivity contribution in [2.24, 2.45) is 5.92 Å². The SMILES string of the molecule is CCC1(CC)NC(=O)N(CC(=O)N2CCC(CCNC)CC2)C1=O. The summed E-state index contributed by atoms with van der Waals surface area (Å²) in [6.45, 7) is 6.03. The van der Waals surface area contributed by atoms with Gasteiger partial charge in [-0.1, -0.05) is 13.8 Å². The fourth-order valence-electron chi connectivity index (χ4n) is 3.60. The van der Waals surface area contributed by atoms with E-state index in [4.69, 9.17) is 0 Å². The lowest BCUT2D eigenvalue weighted by Gasteiger charge is -2.33. The van der Waals surface area contributed by atoms with Gasteiger partial charge in [0.05, 0.1) is 0 Å². The van der Waals surface area contributed by atoms with Gasteiger partial charge in [0.2, 0.25) is 5.91 Å². The topological polar surface area (TPSA) is 81.8 Å². The van der Waals surface area contributed by atoms with E-state index in [1.807, 2.05) is 20.9 Å². The molecule has 2 fully saturated rings. The lowest BCUT2D eigenvalue weighted by atomic mass is 9.93. The average molecular weight is 338 g/mol. The van der Waals surface area contributed by atoms with Crippen molar-refractivity contribution in [3.8, 4) is 0 Å². The monoisotopic (exact) mass is 338 g/mol. The Bertz CT molecular complexity index is 482. The zero-order valence-electron chi connectivity index (χ0n) is 15.1. The minimum absolute atomic E-state index is 0.131. The van der Waals surface area contributed by atoms with Gasteiger partial charge < -0.3 is 15.5 Å². The molecular formula is C17H30N4O3. The van der Waals surface area contributed by atoms with Crippen LogP contribution in [0.25, 0.3) is 0 Å². The number of piperidine rings is 1. The van der Waals surface area contributed by atoms with E-state index >= 15 is 0 Å². The molecule has 0 unspecified atom stereocenters. The molecule has 0 aliphatic carbocycles. The Morgan fingerprint density at radius 2 is 1.88 bits per heavy atom. The number of hydrogen-bond donors (Lipinski definition) is 2. The van der Waals surface area contributed by atoms with Gasteiger partial charge in [-0.25, -0.2) is 4.79 Å². The normalized spacial score (nSPS) is 21.3. The molecule has 0 spiro atoms. The number of urea groups is 1. The molecule has 4 amide bonds. The van der Waals surface area contributed by atoms with Crippen LogP contribution in [0.3, 0.4) is 0 Å². The Morgan fingerprint density at radius 3 is 2.38 bits per heavy atom. The maximum Gasteiger partial charge on any atom is 0.325 e. The zero-order valence-corrected chi connectivity index (χ0v) is 15.1. The van der Waals surface area contributed by atoms with E-state index < -0.39 is 11.6 Å². The molecule has 0 aromatic carbocycles. The maximum atomic E-state index is 12.6. The third kappa shape index (κ3) is 3.71. The van der Waals surface area contributed by atoms with Gasteiger partial charge in [-0.2, -0.15) is 0 Å². The molecule has 0 bridgehead atoms. The Kier molecular flexibility index (Phi) is 6.21. The number of nitrogens with zero attached hydrogens (tertiary/aromatic N) is 2. The van der Waals surface area contributed by atoms with Crippen molar-refractivity contribution in [3.05, 3.63) is 0 Å². The van der Waals surface area contributed by atoms with Crippen LogP contribution >= 0.6 is 0 Å². The summed E-state index contributed by atoms with van der Waals surface area (Å²) in [5.41, 5.74) is -0.836. The van der Waals surface area contributed by atoms with Gasteiger partial charge in [-0.15, -0.1) is 0 Å². The number of amides is 4. The molecule has 7 heteroatoms. The second kappa shape index (κ2) is 7.96. The number of rotatable bonds is 7.